The summed E-state index contributed by atoms with van der Waals surface area (Å²) in [4.78, 5) is 1.35. The molecule has 0 aromatic heterocycles. The van der Waals surface area contributed by atoms with Gasteiger partial charge in [-0.2, -0.15) is 0 Å². The average molecular weight is 178 g/mol. The summed E-state index contributed by atoms with van der Waals surface area (Å²) in [7, 11) is 0. The zero-order valence-electron chi connectivity index (χ0n) is 7.85. The maximum Gasteiger partial charge on any atom is 0.00987 e. The van der Waals surface area contributed by atoms with Crippen molar-refractivity contribution in [2.24, 2.45) is 0 Å². The molecule has 0 atom stereocenters. The molecule has 1 heteroatoms. The van der Waals surface area contributed by atoms with Gasteiger partial charge in [0.1, 0.15) is 0 Å². The first kappa shape index (κ1) is 9.40. The van der Waals surface area contributed by atoms with Gasteiger partial charge in [-0.15, -0.1) is 11.8 Å². The van der Waals surface area contributed by atoms with E-state index in [2.05, 4.69) is 38.0 Å². The molecular formula is C11H14S. The van der Waals surface area contributed by atoms with Gasteiger partial charge in [0.05, 0.1) is 0 Å². The summed E-state index contributed by atoms with van der Waals surface area (Å²) in [6.45, 7) is 8.09. The van der Waals surface area contributed by atoms with Crippen LogP contribution in [0.1, 0.15) is 18.1 Å². The third kappa shape index (κ3) is 1.92. The Hall–Kier alpha value is -0.690. The minimum Gasteiger partial charge on any atom is -0.129 e. The maximum atomic E-state index is 3.92. The Morgan fingerprint density at radius 1 is 1.42 bits per heavy atom. The van der Waals surface area contributed by atoms with E-state index < -0.39 is 0 Å². The quantitative estimate of drug-likeness (QED) is 0.621. The lowest BCUT2D eigenvalue weighted by atomic mass is 10.1. The second kappa shape index (κ2) is 3.81. The summed E-state index contributed by atoms with van der Waals surface area (Å²) in [6.07, 6.45) is 2.10. The third-order valence-corrected chi connectivity index (χ3v) is 2.79. The lowest BCUT2D eigenvalue weighted by Gasteiger charge is -2.05. The number of hydrogen-bond acceptors (Lipinski definition) is 1. The monoisotopic (exact) mass is 178 g/mol. The lowest BCUT2D eigenvalue weighted by Crippen LogP contribution is -1.82. The Morgan fingerprint density at radius 2 is 2.08 bits per heavy atom. The van der Waals surface area contributed by atoms with Gasteiger partial charge in [0, 0.05) is 4.90 Å². The molecule has 0 radical (unpaired) electrons. The summed E-state index contributed by atoms with van der Waals surface area (Å²) >= 11 is 1.79. The van der Waals surface area contributed by atoms with Crippen molar-refractivity contribution < 1.29 is 0 Å². The minimum absolute atomic E-state index is 1.13. The SMILES string of the molecule is C=C(C)c1ccc(SC)c(C)c1. The highest BCUT2D eigenvalue weighted by Gasteiger charge is 1.98. The van der Waals surface area contributed by atoms with Crippen molar-refractivity contribution in [2.45, 2.75) is 18.7 Å². The van der Waals surface area contributed by atoms with Crippen LogP contribution in [-0.4, -0.2) is 6.26 Å². The van der Waals surface area contributed by atoms with Crippen molar-refractivity contribution in [1.82, 2.24) is 0 Å². The van der Waals surface area contributed by atoms with Crippen molar-refractivity contribution in [3.8, 4) is 0 Å². The normalized spacial score (nSPS) is 9.92. The zero-order chi connectivity index (χ0) is 9.14. The number of allylic oxidation sites excluding steroid dienone is 1. The Kier molecular flexibility index (Phi) is 2.99. The number of hydrogen-bond donors (Lipinski definition) is 0. The molecule has 0 unspecified atom stereocenters. The molecule has 0 aliphatic carbocycles. The van der Waals surface area contributed by atoms with E-state index in [4.69, 9.17) is 0 Å². The van der Waals surface area contributed by atoms with Gasteiger partial charge in [0.15, 0.2) is 0 Å². The van der Waals surface area contributed by atoms with Crippen LogP contribution in [0.5, 0.6) is 0 Å². The van der Waals surface area contributed by atoms with Crippen molar-refractivity contribution in [1.29, 1.82) is 0 Å². The van der Waals surface area contributed by atoms with Gasteiger partial charge in [-0.3, -0.25) is 0 Å². The highest BCUT2D eigenvalue weighted by molar-refractivity contribution is 7.98. The number of aryl methyl sites for hydroxylation is 1. The van der Waals surface area contributed by atoms with E-state index in [9.17, 15) is 0 Å². The van der Waals surface area contributed by atoms with E-state index in [0.29, 0.717) is 0 Å². The van der Waals surface area contributed by atoms with Crippen LogP contribution in [0.3, 0.4) is 0 Å². The maximum absolute atomic E-state index is 3.92. The molecule has 0 amide bonds. The molecule has 64 valence electrons. The molecule has 0 nitrogen and oxygen atoms in total. The first-order valence-corrected chi connectivity index (χ1v) is 5.18. The van der Waals surface area contributed by atoms with E-state index >= 15 is 0 Å². The predicted octanol–water partition coefficient (Wildman–Crippen LogP) is 3.75. The van der Waals surface area contributed by atoms with E-state index in [1.165, 1.54) is 16.0 Å². The van der Waals surface area contributed by atoms with Crippen LogP contribution < -0.4 is 0 Å². The van der Waals surface area contributed by atoms with E-state index in [1.54, 1.807) is 11.8 Å². The van der Waals surface area contributed by atoms with E-state index in [0.717, 1.165) is 5.57 Å². The molecule has 0 saturated carbocycles. The Bertz CT molecular complexity index is 300. The van der Waals surface area contributed by atoms with Crippen LogP contribution >= 0.6 is 11.8 Å². The molecular weight excluding hydrogens is 164 g/mol. The fourth-order valence-electron chi connectivity index (χ4n) is 1.14. The van der Waals surface area contributed by atoms with Crippen LogP contribution in [-0.2, 0) is 0 Å². The van der Waals surface area contributed by atoms with E-state index in [-0.39, 0.29) is 0 Å². The Morgan fingerprint density at radius 3 is 2.50 bits per heavy atom. The average Bonchev–Trinajstić information content (AvgIpc) is 2.04. The first-order chi connectivity index (χ1) is 5.65. The Labute approximate surface area is 78.7 Å². The van der Waals surface area contributed by atoms with E-state index in [1.807, 2.05) is 6.92 Å². The van der Waals surface area contributed by atoms with Crippen molar-refractivity contribution in [2.75, 3.05) is 6.26 Å². The highest BCUT2D eigenvalue weighted by Crippen LogP contribution is 2.23. The van der Waals surface area contributed by atoms with Crippen LogP contribution in [0.4, 0.5) is 0 Å². The van der Waals surface area contributed by atoms with Crippen molar-refractivity contribution in [3.05, 3.63) is 35.9 Å². The van der Waals surface area contributed by atoms with Gasteiger partial charge in [0.2, 0.25) is 0 Å². The summed E-state index contributed by atoms with van der Waals surface area (Å²) in [6, 6.07) is 6.47. The second-order valence-corrected chi connectivity index (χ2v) is 3.81. The Balaban J connectivity index is 3.10. The molecule has 0 N–H and O–H groups in total. The molecule has 0 heterocycles. The second-order valence-electron chi connectivity index (χ2n) is 2.96. The number of thioether (sulfide) groups is 1. The molecule has 0 saturated heterocycles. The fraction of sp³-hybridized carbons (Fsp3) is 0.273. The van der Waals surface area contributed by atoms with Crippen LogP contribution in [0.2, 0.25) is 0 Å². The minimum atomic E-state index is 1.13. The number of rotatable bonds is 2. The fourth-order valence-corrected chi connectivity index (χ4v) is 1.73. The van der Waals surface area contributed by atoms with Gasteiger partial charge in [-0.1, -0.05) is 24.3 Å². The van der Waals surface area contributed by atoms with Crippen LogP contribution in [0, 0.1) is 6.92 Å². The predicted molar refractivity (Wildman–Crippen MR) is 57.7 cm³/mol. The van der Waals surface area contributed by atoms with Crippen molar-refractivity contribution >= 4 is 17.3 Å². The van der Waals surface area contributed by atoms with Gasteiger partial charge >= 0.3 is 0 Å². The van der Waals surface area contributed by atoms with Gasteiger partial charge in [0.25, 0.3) is 0 Å². The van der Waals surface area contributed by atoms with Crippen LogP contribution in [0.15, 0.2) is 29.7 Å². The first-order valence-electron chi connectivity index (χ1n) is 3.95. The third-order valence-electron chi connectivity index (χ3n) is 1.89. The molecule has 0 fully saturated rings. The summed E-state index contributed by atoms with van der Waals surface area (Å²) in [5.41, 5.74) is 3.71. The molecule has 1 aromatic rings. The summed E-state index contributed by atoms with van der Waals surface area (Å²) < 4.78 is 0. The lowest BCUT2D eigenvalue weighted by molar-refractivity contribution is 1.29. The molecule has 0 spiro atoms. The highest BCUT2D eigenvalue weighted by atomic mass is 32.2. The number of benzene rings is 1. The molecule has 0 bridgehead atoms. The molecule has 1 aromatic carbocycles. The molecule has 12 heavy (non-hydrogen) atoms. The largest absolute Gasteiger partial charge is 0.129 e. The standard InChI is InChI=1S/C11H14S/c1-8(2)10-5-6-11(12-4)9(3)7-10/h5-7H,1H2,2-4H3. The van der Waals surface area contributed by atoms with Crippen molar-refractivity contribution in [3.63, 3.8) is 0 Å². The summed E-state index contributed by atoms with van der Waals surface area (Å²) in [5.74, 6) is 0. The van der Waals surface area contributed by atoms with Crippen LogP contribution in [0.25, 0.3) is 5.57 Å². The molecule has 1 rings (SSSR count). The smallest absolute Gasteiger partial charge is 0.00987 e. The van der Waals surface area contributed by atoms with Gasteiger partial charge < -0.3 is 0 Å². The topological polar surface area (TPSA) is 0 Å². The molecule has 0 aliphatic rings. The van der Waals surface area contributed by atoms with Gasteiger partial charge in [-0.05, 0) is 37.3 Å². The zero-order valence-corrected chi connectivity index (χ0v) is 8.66. The molecule has 0 aliphatic heterocycles. The van der Waals surface area contributed by atoms with Gasteiger partial charge in [-0.25, -0.2) is 0 Å². The summed E-state index contributed by atoms with van der Waals surface area (Å²) in [5, 5.41) is 0.